The lowest BCUT2D eigenvalue weighted by atomic mass is 10.3. The van der Waals surface area contributed by atoms with Crippen molar-refractivity contribution in [2.24, 2.45) is 0 Å². The fraction of sp³-hybridized carbons (Fsp3) is 0.0833. The molecule has 1 heterocycles. The largest absolute Gasteiger partial charge is 0.486 e. The summed E-state index contributed by atoms with van der Waals surface area (Å²) in [6.07, 6.45) is 1.13. The molecule has 0 bridgehead atoms. The summed E-state index contributed by atoms with van der Waals surface area (Å²) in [6, 6.07) is 5.49. The Bertz CT molecular complexity index is 559. The standard InChI is InChI=1S/C12H8BrFO4/c13-8-2-9(14)4-10(3-8)18-6-11-1-7(5-17-11)12(15)16/h1-5H,6H2,(H,15,16). The number of carbonyl (C=O) groups is 1. The third kappa shape index (κ3) is 3.10. The number of rotatable bonds is 4. The number of benzene rings is 1. The maximum Gasteiger partial charge on any atom is 0.338 e. The Balaban J connectivity index is 2.04. The van der Waals surface area contributed by atoms with Crippen LogP contribution in [0.1, 0.15) is 16.1 Å². The lowest BCUT2D eigenvalue weighted by molar-refractivity contribution is 0.0696. The van der Waals surface area contributed by atoms with Crippen LogP contribution in [-0.2, 0) is 6.61 Å². The summed E-state index contributed by atoms with van der Waals surface area (Å²) in [6.45, 7) is 0.0309. The molecule has 0 saturated heterocycles. The average molecular weight is 315 g/mol. The third-order valence-corrected chi connectivity index (χ3v) is 2.58. The second-order valence-electron chi connectivity index (χ2n) is 3.50. The van der Waals surface area contributed by atoms with Gasteiger partial charge in [-0.2, -0.15) is 0 Å². The number of aromatic carboxylic acids is 1. The van der Waals surface area contributed by atoms with E-state index in [0.717, 1.165) is 6.26 Å². The summed E-state index contributed by atoms with van der Waals surface area (Å²) in [5.74, 6) is -0.813. The molecule has 0 fully saturated rings. The monoisotopic (exact) mass is 314 g/mol. The highest BCUT2D eigenvalue weighted by Crippen LogP contribution is 2.21. The van der Waals surface area contributed by atoms with E-state index in [1.165, 1.54) is 18.2 Å². The molecule has 0 saturated carbocycles. The van der Waals surface area contributed by atoms with Gasteiger partial charge in [-0.3, -0.25) is 0 Å². The van der Waals surface area contributed by atoms with E-state index in [4.69, 9.17) is 14.3 Å². The van der Waals surface area contributed by atoms with Crippen LogP contribution in [-0.4, -0.2) is 11.1 Å². The lowest BCUT2D eigenvalue weighted by Crippen LogP contribution is -1.95. The number of halogens is 2. The number of hydrogen-bond acceptors (Lipinski definition) is 3. The molecule has 6 heteroatoms. The van der Waals surface area contributed by atoms with Gasteiger partial charge in [0.25, 0.3) is 0 Å². The number of ether oxygens (including phenoxy) is 1. The van der Waals surface area contributed by atoms with Crippen molar-refractivity contribution in [3.63, 3.8) is 0 Å². The Labute approximate surface area is 110 Å². The molecule has 0 aliphatic carbocycles. The van der Waals surface area contributed by atoms with Crippen LogP contribution in [0.3, 0.4) is 0 Å². The van der Waals surface area contributed by atoms with Crippen molar-refractivity contribution in [1.29, 1.82) is 0 Å². The van der Waals surface area contributed by atoms with Crippen LogP contribution >= 0.6 is 15.9 Å². The zero-order valence-corrected chi connectivity index (χ0v) is 10.6. The molecular weight excluding hydrogens is 307 g/mol. The van der Waals surface area contributed by atoms with Gasteiger partial charge < -0.3 is 14.3 Å². The predicted molar refractivity (Wildman–Crippen MR) is 64.1 cm³/mol. The van der Waals surface area contributed by atoms with E-state index >= 15 is 0 Å². The Morgan fingerprint density at radius 3 is 2.78 bits per heavy atom. The van der Waals surface area contributed by atoms with Gasteiger partial charge in [0, 0.05) is 10.5 Å². The van der Waals surface area contributed by atoms with Gasteiger partial charge in [-0.25, -0.2) is 9.18 Å². The van der Waals surface area contributed by atoms with E-state index in [0.29, 0.717) is 16.0 Å². The van der Waals surface area contributed by atoms with Crippen LogP contribution in [0.4, 0.5) is 4.39 Å². The normalized spacial score (nSPS) is 10.3. The van der Waals surface area contributed by atoms with Crippen LogP contribution < -0.4 is 4.74 Å². The minimum atomic E-state index is -1.07. The van der Waals surface area contributed by atoms with Crippen LogP contribution in [0.5, 0.6) is 5.75 Å². The highest BCUT2D eigenvalue weighted by atomic mass is 79.9. The summed E-state index contributed by atoms with van der Waals surface area (Å²) in [5, 5.41) is 8.70. The smallest absolute Gasteiger partial charge is 0.338 e. The van der Waals surface area contributed by atoms with Gasteiger partial charge in [-0.15, -0.1) is 0 Å². The lowest BCUT2D eigenvalue weighted by Gasteiger charge is -2.04. The first-order chi connectivity index (χ1) is 8.54. The molecule has 2 rings (SSSR count). The molecular formula is C12H8BrFO4. The van der Waals surface area contributed by atoms with Gasteiger partial charge in [0.05, 0.1) is 5.56 Å². The van der Waals surface area contributed by atoms with Gasteiger partial charge >= 0.3 is 5.97 Å². The predicted octanol–water partition coefficient (Wildman–Crippen LogP) is 3.46. The summed E-state index contributed by atoms with van der Waals surface area (Å²) in [4.78, 5) is 10.6. The maximum absolute atomic E-state index is 13.1. The summed E-state index contributed by atoms with van der Waals surface area (Å²) in [7, 11) is 0. The van der Waals surface area contributed by atoms with Crippen LogP contribution in [0.2, 0.25) is 0 Å². The second-order valence-corrected chi connectivity index (χ2v) is 4.42. The van der Waals surface area contributed by atoms with Gasteiger partial charge in [-0.1, -0.05) is 15.9 Å². The average Bonchev–Trinajstić information content (AvgIpc) is 2.73. The molecule has 0 aliphatic rings. The molecule has 1 N–H and O–H groups in total. The molecule has 1 aromatic heterocycles. The van der Waals surface area contributed by atoms with Crippen molar-refractivity contribution in [2.45, 2.75) is 6.61 Å². The van der Waals surface area contributed by atoms with Crippen molar-refractivity contribution in [2.75, 3.05) is 0 Å². The van der Waals surface area contributed by atoms with E-state index in [1.54, 1.807) is 6.07 Å². The summed E-state index contributed by atoms with van der Waals surface area (Å²) < 4.78 is 23.9. The van der Waals surface area contributed by atoms with Crippen LogP contribution in [0, 0.1) is 5.82 Å². The number of furan rings is 1. The van der Waals surface area contributed by atoms with Crippen molar-refractivity contribution in [3.05, 3.63) is 52.1 Å². The first kappa shape index (κ1) is 12.6. The molecule has 0 atom stereocenters. The first-order valence-electron chi connectivity index (χ1n) is 4.94. The van der Waals surface area contributed by atoms with Gasteiger partial charge in [-0.05, 0) is 18.2 Å². The molecule has 18 heavy (non-hydrogen) atoms. The summed E-state index contributed by atoms with van der Waals surface area (Å²) >= 11 is 3.14. The van der Waals surface area contributed by atoms with E-state index < -0.39 is 11.8 Å². The minimum absolute atomic E-state index is 0.0309. The van der Waals surface area contributed by atoms with E-state index in [2.05, 4.69) is 15.9 Å². The molecule has 0 spiro atoms. The molecule has 94 valence electrons. The van der Waals surface area contributed by atoms with E-state index in [-0.39, 0.29) is 12.2 Å². The highest BCUT2D eigenvalue weighted by molar-refractivity contribution is 9.10. The molecule has 2 aromatic rings. The van der Waals surface area contributed by atoms with E-state index in [1.807, 2.05) is 0 Å². The highest BCUT2D eigenvalue weighted by Gasteiger charge is 2.09. The van der Waals surface area contributed by atoms with E-state index in [9.17, 15) is 9.18 Å². The van der Waals surface area contributed by atoms with Crippen LogP contribution in [0.25, 0.3) is 0 Å². The van der Waals surface area contributed by atoms with Crippen molar-refractivity contribution < 1.29 is 23.4 Å². The SMILES string of the molecule is O=C(O)c1coc(COc2cc(F)cc(Br)c2)c1. The molecule has 0 unspecified atom stereocenters. The topological polar surface area (TPSA) is 59.7 Å². The number of hydrogen-bond donors (Lipinski definition) is 1. The Kier molecular flexibility index (Phi) is 3.66. The molecule has 1 aromatic carbocycles. The van der Waals surface area contributed by atoms with Crippen molar-refractivity contribution >= 4 is 21.9 Å². The zero-order chi connectivity index (χ0) is 13.1. The van der Waals surface area contributed by atoms with Crippen molar-refractivity contribution in [3.8, 4) is 5.75 Å². The molecule has 0 aliphatic heterocycles. The Morgan fingerprint density at radius 2 is 2.17 bits per heavy atom. The third-order valence-electron chi connectivity index (χ3n) is 2.12. The first-order valence-corrected chi connectivity index (χ1v) is 5.73. The minimum Gasteiger partial charge on any atom is -0.486 e. The fourth-order valence-electron chi connectivity index (χ4n) is 1.33. The molecule has 0 radical (unpaired) electrons. The molecule has 0 amide bonds. The summed E-state index contributed by atoms with van der Waals surface area (Å²) in [5.41, 5.74) is 0.0500. The Morgan fingerprint density at radius 1 is 1.39 bits per heavy atom. The Hall–Kier alpha value is -1.82. The molecule has 4 nitrogen and oxygen atoms in total. The maximum atomic E-state index is 13.1. The van der Waals surface area contributed by atoms with Gasteiger partial charge in [0.1, 0.15) is 30.2 Å². The van der Waals surface area contributed by atoms with Crippen molar-refractivity contribution in [1.82, 2.24) is 0 Å². The zero-order valence-electron chi connectivity index (χ0n) is 9.02. The quantitative estimate of drug-likeness (QED) is 0.939. The van der Waals surface area contributed by atoms with Crippen LogP contribution in [0.15, 0.2) is 39.4 Å². The number of carboxylic acid groups (broad SMARTS) is 1. The van der Waals surface area contributed by atoms with Gasteiger partial charge in [0.15, 0.2) is 0 Å². The number of carboxylic acids is 1. The fourth-order valence-corrected chi connectivity index (χ4v) is 1.78. The second kappa shape index (κ2) is 5.22. The van der Waals surface area contributed by atoms with Gasteiger partial charge in [0.2, 0.25) is 0 Å².